The van der Waals surface area contributed by atoms with Gasteiger partial charge >= 0.3 is 0 Å². The molecule has 0 aromatic heterocycles. The Kier molecular flexibility index (Phi) is 5.48. The van der Waals surface area contributed by atoms with E-state index in [1.54, 1.807) is 6.07 Å². The lowest BCUT2D eigenvalue weighted by Gasteiger charge is -2.22. The summed E-state index contributed by atoms with van der Waals surface area (Å²) in [5.74, 6) is 1.05. The van der Waals surface area contributed by atoms with Crippen LogP contribution in [-0.2, 0) is 0 Å². The molecule has 0 aliphatic carbocycles. The van der Waals surface area contributed by atoms with Crippen LogP contribution in [0.4, 0.5) is 0 Å². The van der Waals surface area contributed by atoms with E-state index in [0.29, 0.717) is 11.6 Å². The first kappa shape index (κ1) is 14.8. The number of halogens is 1. The van der Waals surface area contributed by atoms with Gasteiger partial charge in [0, 0.05) is 10.4 Å². The monoisotopic (exact) mass is 268 g/mol. The van der Waals surface area contributed by atoms with Gasteiger partial charge in [-0.2, -0.15) is 0 Å². The van der Waals surface area contributed by atoms with Crippen LogP contribution in [0.15, 0.2) is 24.3 Å². The highest BCUT2D eigenvalue weighted by Crippen LogP contribution is 2.23. The second-order valence-electron chi connectivity index (χ2n) is 5.06. The van der Waals surface area contributed by atoms with Gasteiger partial charge in [-0.15, -0.1) is 0 Å². The summed E-state index contributed by atoms with van der Waals surface area (Å²) in [7, 11) is 0. The Bertz CT molecular complexity index is 405. The normalized spacial score (nSPS) is 11.3. The maximum atomic E-state index is 7.47. The molecule has 1 aromatic carbocycles. The molecule has 0 atom stereocenters. The Balaban J connectivity index is 2.22. The molecule has 0 unspecified atom stereocenters. The van der Waals surface area contributed by atoms with Crippen LogP contribution in [0, 0.1) is 10.8 Å². The van der Waals surface area contributed by atoms with Gasteiger partial charge in [0.1, 0.15) is 5.75 Å². The fraction of sp³-hybridized carbons (Fsp3) is 0.500. The molecule has 0 aliphatic rings. The van der Waals surface area contributed by atoms with Crippen LogP contribution in [0.25, 0.3) is 0 Å². The van der Waals surface area contributed by atoms with E-state index in [0.717, 1.165) is 25.0 Å². The summed E-state index contributed by atoms with van der Waals surface area (Å²) < 4.78 is 5.59. The number of amidine groups is 1. The topological polar surface area (TPSA) is 59.1 Å². The molecule has 0 heterocycles. The highest BCUT2D eigenvalue weighted by atomic mass is 35.5. The molecular formula is C14H21ClN2O. The molecule has 0 bridgehead atoms. The summed E-state index contributed by atoms with van der Waals surface area (Å²) in [6, 6.07) is 7.40. The minimum Gasteiger partial charge on any atom is -0.494 e. The van der Waals surface area contributed by atoms with Gasteiger partial charge < -0.3 is 10.5 Å². The fourth-order valence-electron chi connectivity index (χ4n) is 1.55. The van der Waals surface area contributed by atoms with Crippen LogP contribution < -0.4 is 10.5 Å². The lowest BCUT2D eigenvalue weighted by atomic mass is 9.86. The highest BCUT2D eigenvalue weighted by Gasteiger charge is 2.20. The van der Waals surface area contributed by atoms with Crippen molar-refractivity contribution in [3.8, 4) is 5.75 Å². The minimum absolute atomic E-state index is 0.212. The van der Waals surface area contributed by atoms with E-state index < -0.39 is 0 Å². The lowest BCUT2D eigenvalue weighted by molar-refractivity contribution is 0.296. The van der Waals surface area contributed by atoms with Crippen LogP contribution in [0.5, 0.6) is 5.75 Å². The van der Waals surface area contributed by atoms with E-state index in [9.17, 15) is 0 Å². The first-order valence-electron chi connectivity index (χ1n) is 6.15. The molecule has 0 spiro atoms. The smallest absolute Gasteiger partial charge is 0.120 e. The summed E-state index contributed by atoms with van der Waals surface area (Å²) in [5, 5.41) is 8.15. The molecule has 1 rings (SSSR count). The molecule has 0 aliphatic heterocycles. The Labute approximate surface area is 114 Å². The van der Waals surface area contributed by atoms with Gasteiger partial charge in [-0.05, 0) is 37.5 Å². The second-order valence-corrected chi connectivity index (χ2v) is 5.50. The zero-order valence-corrected chi connectivity index (χ0v) is 11.8. The maximum Gasteiger partial charge on any atom is 0.120 e. The van der Waals surface area contributed by atoms with Crippen LogP contribution in [-0.4, -0.2) is 12.4 Å². The van der Waals surface area contributed by atoms with Gasteiger partial charge in [-0.25, -0.2) is 0 Å². The minimum atomic E-state index is -0.212. The van der Waals surface area contributed by atoms with Crippen molar-refractivity contribution in [2.24, 2.45) is 11.1 Å². The molecule has 3 nitrogen and oxygen atoms in total. The van der Waals surface area contributed by atoms with Crippen molar-refractivity contribution in [3.63, 3.8) is 0 Å². The lowest BCUT2D eigenvalue weighted by Crippen LogP contribution is -2.30. The summed E-state index contributed by atoms with van der Waals surface area (Å²) in [4.78, 5) is 0. The van der Waals surface area contributed by atoms with Crippen molar-refractivity contribution in [2.45, 2.75) is 33.1 Å². The number of rotatable bonds is 7. The standard InChI is InChI=1S/C14H21ClN2O/c1-14(2,13(16)17)8-3-4-9-18-12-7-5-6-11(15)10-12/h5-7,10H,3-4,8-9H2,1-2H3,(H3,16,17). The third-order valence-corrected chi connectivity index (χ3v) is 3.23. The van der Waals surface area contributed by atoms with Gasteiger partial charge in [0.25, 0.3) is 0 Å². The molecule has 100 valence electrons. The number of nitrogens with one attached hydrogen (secondary N) is 1. The van der Waals surface area contributed by atoms with Crippen molar-refractivity contribution >= 4 is 17.4 Å². The Hall–Kier alpha value is -1.22. The molecular weight excluding hydrogens is 248 g/mol. The largest absolute Gasteiger partial charge is 0.494 e. The summed E-state index contributed by atoms with van der Waals surface area (Å²) in [6.07, 6.45) is 2.84. The van der Waals surface area contributed by atoms with E-state index in [1.165, 1.54) is 0 Å². The van der Waals surface area contributed by atoms with Crippen molar-refractivity contribution in [1.29, 1.82) is 5.41 Å². The van der Waals surface area contributed by atoms with Crippen molar-refractivity contribution < 1.29 is 4.74 Å². The molecule has 0 radical (unpaired) electrons. The number of benzene rings is 1. The van der Waals surface area contributed by atoms with Gasteiger partial charge in [0.05, 0.1) is 12.4 Å². The number of hydrogen-bond acceptors (Lipinski definition) is 2. The zero-order chi connectivity index (χ0) is 13.6. The van der Waals surface area contributed by atoms with Crippen molar-refractivity contribution in [3.05, 3.63) is 29.3 Å². The van der Waals surface area contributed by atoms with Crippen LogP contribution >= 0.6 is 11.6 Å². The molecule has 18 heavy (non-hydrogen) atoms. The molecule has 3 N–H and O–H groups in total. The third kappa shape index (κ3) is 4.96. The van der Waals surface area contributed by atoms with Gasteiger partial charge in [-0.1, -0.05) is 31.5 Å². The van der Waals surface area contributed by atoms with Crippen molar-refractivity contribution in [1.82, 2.24) is 0 Å². The number of nitrogens with two attached hydrogens (primary N) is 1. The maximum absolute atomic E-state index is 7.47. The SMILES string of the molecule is CC(C)(CCCCOc1cccc(Cl)c1)C(=N)N. The van der Waals surface area contributed by atoms with E-state index in [4.69, 9.17) is 27.5 Å². The molecule has 0 amide bonds. The molecule has 0 fully saturated rings. The van der Waals surface area contributed by atoms with Gasteiger partial charge in [0.15, 0.2) is 0 Å². The average molecular weight is 269 g/mol. The van der Waals surface area contributed by atoms with E-state index >= 15 is 0 Å². The Morgan fingerprint density at radius 1 is 1.39 bits per heavy atom. The number of unbranched alkanes of at least 4 members (excludes halogenated alkanes) is 1. The van der Waals surface area contributed by atoms with Gasteiger partial charge in [0.2, 0.25) is 0 Å². The predicted molar refractivity (Wildman–Crippen MR) is 76.5 cm³/mol. The average Bonchev–Trinajstić information content (AvgIpc) is 2.28. The van der Waals surface area contributed by atoms with Crippen LogP contribution in [0.2, 0.25) is 5.02 Å². The molecule has 4 heteroatoms. The molecule has 0 saturated carbocycles. The zero-order valence-electron chi connectivity index (χ0n) is 11.0. The highest BCUT2D eigenvalue weighted by molar-refractivity contribution is 6.30. The summed E-state index contributed by atoms with van der Waals surface area (Å²) in [5.41, 5.74) is 5.32. The Morgan fingerprint density at radius 3 is 2.72 bits per heavy atom. The Morgan fingerprint density at radius 2 is 2.11 bits per heavy atom. The summed E-state index contributed by atoms with van der Waals surface area (Å²) in [6.45, 7) is 4.65. The van der Waals surface area contributed by atoms with Gasteiger partial charge in [-0.3, -0.25) is 5.41 Å². The first-order valence-corrected chi connectivity index (χ1v) is 6.52. The quantitative estimate of drug-likeness (QED) is 0.448. The first-order chi connectivity index (χ1) is 8.42. The fourth-order valence-corrected chi connectivity index (χ4v) is 1.73. The third-order valence-electron chi connectivity index (χ3n) is 2.99. The van der Waals surface area contributed by atoms with E-state index in [1.807, 2.05) is 32.0 Å². The summed E-state index contributed by atoms with van der Waals surface area (Å²) >= 11 is 5.86. The van der Waals surface area contributed by atoms with Crippen molar-refractivity contribution in [2.75, 3.05) is 6.61 Å². The number of ether oxygens (including phenoxy) is 1. The second kappa shape index (κ2) is 6.64. The van der Waals surface area contributed by atoms with Crippen LogP contribution in [0.3, 0.4) is 0 Å². The predicted octanol–water partition coefficient (Wildman–Crippen LogP) is 3.85. The molecule has 1 aromatic rings. The van der Waals surface area contributed by atoms with E-state index in [2.05, 4.69) is 0 Å². The number of hydrogen-bond donors (Lipinski definition) is 2. The van der Waals surface area contributed by atoms with Crippen LogP contribution in [0.1, 0.15) is 33.1 Å². The molecule has 0 saturated heterocycles. The van der Waals surface area contributed by atoms with E-state index in [-0.39, 0.29) is 11.3 Å².